The highest BCUT2D eigenvalue weighted by Gasteiger charge is 2.14. The van der Waals surface area contributed by atoms with Gasteiger partial charge in [0.25, 0.3) is 0 Å². The van der Waals surface area contributed by atoms with E-state index < -0.39 is 5.97 Å². The minimum atomic E-state index is -1.01. The highest BCUT2D eigenvalue weighted by atomic mass is 79.9. The second-order valence-electron chi connectivity index (χ2n) is 4.00. The summed E-state index contributed by atoms with van der Waals surface area (Å²) >= 11 is 3.31. The topological polar surface area (TPSA) is 58.2 Å². The summed E-state index contributed by atoms with van der Waals surface area (Å²) in [5, 5.41) is 8.89. The predicted octanol–water partition coefficient (Wildman–Crippen LogP) is 2.32. The standard InChI is InChI=1S/C14H10BrNO3/c15-12-5-3-10(4-6-12)13(17)9-16-7-1-2-11(8-16)14(18)19/h1-8H,9H2/p+1. The van der Waals surface area contributed by atoms with Crippen molar-refractivity contribution in [3.63, 3.8) is 0 Å². The number of aromatic carboxylic acids is 1. The van der Waals surface area contributed by atoms with Crippen LogP contribution in [0.1, 0.15) is 20.7 Å². The monoisotopic (exact) mass is 320 g/mol. The van der Waals surface area contributed by atoms with E-state index in [1.165, 1.54) is 12.3 Å². The molecule has 2 rings (SSSR count). The van der Waals surface area contributed by atoms with E-state index in [9.17, 15) is 9.59 Å². The molecule has 5 heteroatoms. The Morgan fingerprint density at radius 2 is 1.79 bits per heavy atom. The van der Waals surface area contributed by atoms with Crippen molar-refractivity contribution in [2.24, 2.45) is 0 Å². The maximum absolute atomic E-state index is 12.0. The van der Waals surface area contributed by atoms with Gasteiger partial charge in [0, 0.05) is 16.1 Å². The van der Waals surface area contributed by atoms with Crippen molar-refractivity contribution in [1.82, 2.24) is 0 Å². The van der Waals surface area contributed by atoms with Crippen molar-refractivity contribution in [2.75, 3.05) is 0 Å². The Kier molecular flexibility index (Phi) is 4.06. The summed E-state index contributed by atoms with van der Waals surface area (Å²) in [6, 6.07) is 10.2. The number of hydrogen-bond donors (Lipinski definition) is 1. The summed E-state index contributed by atoms with van der Waals surface area (Å²) in [6.07, 6.45) is 3.11. The smallest absolute Gasteiger partial charge is 0.341 e. The van der Waals surface area contributed by atoms with Crippen LogP contribution in [0.15, 0.2) is 53.3 Å². The summed E-state index contributed by atoms with van der Waals surface area (Å²) in [5.41, 5.74) is 0.752. The number of ketones is 1. The minimum Gasteiger partial charge on any atom is -0.477 e. The quantitative estimate of drug-likeness (QED) is 0.694. The Morgan fingerprint density at radius 1 is 1.11 bits per heavy atom. The van der Waals surface area contributed by atoms with E-state index in [4.69, 9.17) is 5.11 Å². The fraction of sp³-hybridized carbons (Fsp3) is 0.0714. The van der Waals surface area contributed by atoms with Crippen LogP contribution in [-0.2, 0) is 6.54 Å². The Morgan fingerprint density at radius 3 is 2.42 bits per heavy atom. The van der Waals surface area contributed by atoms with Crippen LogP contribution in [0, 0.1) is 0 Å². The molecule has 0 amide bonds. The summed E-state index contributed by atoms with van der Waals surface area (Å²) in [4.78, 5) is 22.9. The number of carbonyl (C=O) groups excluding carboxylic acids is 1. The average molecular weight is 321 g/mol. The molecule has 1 aromatic carbocycles. The molecule has 0 fully saturated rings. The first kappa shape index (κ1) is 13.4. The normalized spacial score (nSPS) is 10.2. The van der Waals surface area contributed by atoms with E-state index in [-0.39, 0.29) is 17.9 Å². The largest absolute Gasteiger partial charge is 0.477 e. The summed E-state index contributed by atoms with van der Waals surface area (Å²) in [6.45, 7) is 0.114. The molecule has 4 nitrogen and oxygen atoms in total. The second-order valence-corrected chi connectivity index (χ2v) is 4.92. The average Bonchev–Trinajstić information content (AvgIpc) is 2.39. The maximum atomic E-state index is 12.0. The number of aromatic nitrogens is 1. The first-order chi connectivity index (χ1) is 9.06. The van der Waals surface area contributed by atoms with E-state index in [1.807, 2.05) is 0 Å². The molecule has 96 valence electrons. The molecule has 0 aliphatic heterocycles. The third kappa shape index (κ3) is 3.48. The fourth-order valence-corrected chi connectivity index (χ4v) is 1.90. The molecule has 1 aromatic heterocycles. The second kappa shape index (κ2) is 5.75. The number of carboxylic acid groups (broad SMARTS) is 1. The van der Waals surface area contributed by atoms with Crippen LogP contribution in [0.3, 0.4) is 0 Å². The number of benzene rings is 1. The van der Waals surface area contributed by atoms with Crippen LogP contribution in [0.4, 0.5) is 0 Å². The lowest BCUT2D eigenvalue weighted by Gasteiger charge is -1.99. The molecule has 0 aliphatic carbocycles. The molecule has 0 bridgehead atoms. The number of rotatable bonds is 4. The number of pyridine rings is 1. The lowest BCUT2D eigenvalue weighted by molar-refractivity contribution is -0.683. The van der Waals surface area contributed by atoms with Crippen LogP contribution >= 0.6 is 15.9 Å². The van der Waals surface area contributed by atoms with Crippen LogP contribution in [0.2, 0.25) is 0 Å². The number of carbonyl (C=O) groups is 2. The van der Waals surface area contributed by atoms with Gasteiger partial charge in [0.1, 0.15) is 5.56 Å². The third-order valence-corrected chi connectivity index (χ3v) is 3.13. The number of hydrogen-bond acceptors (Lipinski definition) is 2. The van der Waals surface area contributed by atoms with Crippen molar-refractivity contribution in [1.29, 1.82) is 0 Å². The van der Waals surface area contributed by atoms with Gasteiger partial charge >= 0.3 is 5.97 Å². The van der Waals surface area contributed by atoms with Gasteiger partial charge in [-0.15, -0.1) is 0 Å². The van der Waals surface area contributed by atoms with E-state index in [0.29, 0.717) is 5.56 Å². The van der Waals surface area contributed by atoms with Crippen molar-refractivity contribution in [3.8, 4) is 0 Å². The first-order valence-electron chi connectivity index (χ1n) is 5.57. The molecule has 19 heavy (non-hydrogen) atoms. The molecule has 2 aromatic rings. The SMILES string of the molecule is O=C(O)c1ccc[n+](CC(=O)c2ccc(Br)cc2)c1. The van der Waals surface area contributed by atoms with Gasteiger partial charge in [-0.1, -0.05) is 28.1 Å². The van der Waals surface area contributed by atoms with Gasteiger partial charge in [0.05, 0.1) is 0 Å². The Bertz CT molecular complexity index is 623. The molecule has 0 radical (unpaired) electrons. The highest BCUT2D eigenvalue weighted by Crippen LogP contribution is 2.10. The minimum absolute atomic E-state index is 0.0694. The molecule has 0 saturated carbocycles. The van der Waals surface area contributed by atoms with Gasteiger partial charge < -0.3 is 5.11 Å². The van der Waals surface area contributed by atoms with Gasteiger partial charge in [-0.25, -0.2) is 4.79 Å². The molecular formula is C14H11BrNO3+. The molecule has 1 heterocycles. The van der Waals surface area contributed by atoms with Crippen molar-refractivity contribution >= 4 is 27.7 Å². The van der Waals surface area contributed by atoms with Crippen LogP contribution < -0.4 is 4.57 Å². The van der Waals surface area contributed by atoms with Gasteiger partial charge in [-0.3, -0.25) is 4.79 Å². The molecule has 1 N–H and O–H groups in total. The Hall–Kier alpha value is -2.01. The van der Waals surface area contributed by atoms with Crippen molar-refractivity contribution in [2.45, 2.75) is 6.54 Å². The molecular weight excluding hydrogens is 310 g/mol. The number of Topliss-reactive ketones (excluding diaryl/α,β-unsaturated/α-hetero) is 1. The summed E-state index contributed by atoms with van der Waals surface area (Å²) < 4.78 is 2.47. The fourth-order valence-electron chi connectivity index (χ4n) is 1.64. The van der Waals surface area contributed by atoms with Crippen molar-refractivity contribution in [3.05, 3.63) is 64.4 Å². The summed E-state index contributed by atoms with van der Waals surface area (Å²) in [5.74, 6) is -1.08. The Labute approximate surface area is 118 Å². The summed E-state index contributed by atoms with van der Waals surface area (Å²) in [7, 11) is 0. The number of halogens is 1. The third-order valence-electron chi connectivity index (χ3n) is 2.60. The number of nitrogens with zero attached hydrogens (tertiary/aromatic N) is 1. The zero-order valence-electron chi connectivity index (χ0n) is 9.91. The van der Waals surface area contributed by atoms with Gasteiger partial charge in [0.15, 0.2) is 12.4 Å². The van der Waals surface area contributed by atoms with E-state index in [0.717, 1.165) is 4.47 Å². The molecule has 0 aliphatic rings. The van der Waals surface area contributed by atoms with Crippen molar-refractivity contribution < 1.29 is 19.3 Å². The first-order valence-corrected chi connectivity index (χ1v) is 6.37. The van der Waals surface area contributed by atoms with E-state index in [2.05, 4.69) is 15.9 Å². The molecule has 0 saturated heterocycles. The zero-order chi connectivity index (χ0) is 13.8. The lowest BCUT2D eigenvalue weighted by Crippen LogP contribution is -2.38. The molecule has 0 unspecified atom stereocenters. The van der Waals surface area contributed by atoms with Gasteiger partial charge in [-0.2, -0.15) is 4.57 Å². The number of carboxylic acids is 1. The van der Waals surface area contributed by atoms with Gasteiger partial charge in [-0.05, 0) is 18.2 Å². The van der Waals surface area contributed by atoms with Gasteiger partial charge in [0.2, 0.25) is 12.3 Å². The Balaban J connectivity index is 2.17. The highest BCUT2D eigenvalue weighted by molar-refractivity contribution is 9.10. The van der Waals surface area contributed by atoms with Crippen LogP contribution in [0.5, 0.6) is 0 Å². The zero-order valence-corrected chi connectivity index (χ0v) is 11.5. The van der Waals surface area contributed by atoms with E-state index >= 15 is 0 Å². The van der Waals surface area contributed by atoms with Crippen LogP contribution in [0.25, 0.3) is 0 Å². The predicted molar refractivity (Wildman–Crippen MR) is 72.1 cm³/mol. The maximum Gasteiger partial charge on any atom is 0.341 e. The van der Waals surface area contributed by atoms with E-state index in [1.54, 1.807) is 41.1 Å². The molecule has 0 atom stereocenters. The van der Waals surface area contributed by atoms with Crippen LogP contribution in [-0.4, -0.2) is 16.9 Å². The molecule has 0 spiro atoms. The lowest BCUT2D eigenvalue weighted by atomic mass is 10.1.